The molecule has 3 aromatic rings. The summed E-state index contributed by atoms with van der Waals surface area (Å²) < 4.78 is 33.0. The van der Waals surface area contributed by atoms with Gasteiger partial charge in [-0.2, -0.15) is 0 Å². The van der Waals surface area contributed by atoms with E-state index in [4.69, 9.17) is 16.3 Å². The number of imide groups is 1. The predicted molar refractivity (Wildman–Crippen MR) is 145 cm³/mol. The number of anilines is 3. The number of carbonyl (C=O) groups excluding carboxylic acids is 3. The minimum atomic E-state index is -3.99. The molecule has 0 bridgehead atoms. The fraction of sp³-hybridized carbons (Fsp3) is 0.192. The second-order valence-corrected chi connectivity index (χ2v) is 10.9. The zero-order valence-electron chi connectivity index (χ0n) is 21.4. The van der Waals surface area contributed by atoms with Crippen molar-refractivity contribution < 1.29 is 27.5 Å². The number of aryl methyl sites for hydroxylation is 2. The topological polar surface area (TPSA) is 148 Å². The molecule has 0 atom stereocenters. The molecule has 4 rings (SSSR count). The highest BCUT2D eigenvalue weighted by atomic mass is 35.5. The first kappa shape index (κ1) is 27.7. The van der Waals surface area contributed by atoms with Crippen molar-refractivity contribution >= 4 is 56.7 Å². The highest BCUT2D eigenvalue weighted by molar-refractivity contribution is 7.92. The maximum atomic E-state index is 13.1. The predicted octanol–water partition coefficient (Wildman–Crippen LogP) is 3.90. The molecule has 2 amide bonds. The fourth-order valence-corrected chi connectivity index (χ4v) is 4.84. The van der Waals surface area contributed by atoms with Gasteiger partial charge in [-0.3, -0.25) is 9.59 Å². The Balaban J connectivity index is 1.48. The molecule has 13 heteroatoms. The molecule has 1 aliphatic rings. The van der Waals surface area contributed by atoms with E-state index >= 15 is 0 Å². The molecule has 2 aromatic carbocycles. The number of hydrogen-bond donors (Lipinski definition) is 2. The van der Waals surface area contributed by atoms with Gasteiger partial charge in [0.2, 0.25) is 5.95 Å². The van der Waals surface area contributed by atoms with Gasteiger partial charge in [-0.05, 0) is 82.3 Å². The Morgan fingerprint density at radius 3 is 2.10 bits per heavy atom. The fourth-order valence-electron chi connectivity index (χ4n) is 3.69. The van der Waals surface area contributed by atoms with E-state index in [-0.39, 0.29) is 38.9 Å². The number of esters is 1. The number of hydrogen-bond acceptors (Lipinski definition) is 9. The van der Waals surface area contributed by atoms with E-state index in [0.717, 1.165) is 4.90 Å². The van der Waals surface area contributed by atoms with Gasteiger partial charge in [0, 0.05) is 17.1 Å². The summed E-state index contributed by atoms with van der Waals surface area (Å²) in [6.45, 7) is 6.89. The number of sulfonamides is 1. The Labute approximate surface area is 229 Å². The standard InChI is InChI=1S/C26H24ClN5O6S/c1-14(2)38-25(35)17-5-9-19(10-6-17)32-23(33)21(27)22(24(32)34)30-18-7-11-20(12-8-18)39(36,37)31-26-28-15(3)13-16(4)29-26/h5-14,30H,1-4H3,(H,28,29,31). The number of rotatable bonds is 8. The average Bonchev–Trinajstić information content (AvgIpc) is 3.06. The maximum absolute atomic E-state index is 13.1. The summed E-state index contributed by atoms with van der Waals surface area (Å²) in [5.74, 6) is -2.05. The second-order valence-electron chi connectivity index (χ2n) is 8.86. The number of aromatic nitrogens is 2. The molecule has 0 saturated carbocycles. The SMILES string of the molecule is Cc1cc(C)nc(NS(=O)(=O)c2ccc(NC3=C(Cl)C(=O)N(c4ccc(C(=O)OC(C)C)cc4)C3=O)cc2)n1. The molecule has 202 valence electrons. The highest BCUT2D eigenvalue weighted by Gasteiger charge is 2.39. The number of amides is 2. The summed E-state index contributed by atoms with van der Waals surface area (Å²) in [6, 6.07) is 12.9. The van der Waals surface area contributed by atoms with Gasteiger partial charge >= 0.3 is 5.97 Å². The average molecular weight is 570 g/mol. The lowest BCUT2D eigenvalue weighted by molar-refractivity contribution is -0.120. The van der Waals surface area contributed by atoms with Crippen molar-refractivity contribution in [1.82, 2.24) is 9.97 Å². The van der Waals surface area contributed by atoms with Crippen LogP contribution in [0.1, 0.15) is 35.6 Å². The lowest BCUT2D eigenvalue weighted by Crippen LogP contribution is -2.32. The van der Waals surface area contributed by atoms with E-state index in [2.05, 4.69) is 20.0 Å². The van der Waals surface area contributed by atoms with Crippen LogP contribution in [0.5, 0.6) is 0 Å². The van der Waals surface area contributed by atoms with Crippen molar-refractivity contribution in [3.05, 3.63) is 82.3 Å². The number of nitrogens with one attached hydrogen (secondary N) is 2. The number of halogens is 1. The van der Waals surface area contributed by atoms with Gasteiger partial charge in [-0.15, -0.1) is 0 Å². The molecular formula is C26H24ClN5O6S. The molecule has 2 N–H and O–H groups in total. The van der Waals surface area contributed by atoms with Gasteiger partial charge < -0.3 is 10.1 Å². The third-order valence-corrected chi connectivity index (χ3v) is 7.07. The quantitative estimate of drug-likeness (QED) is 0.304. The van der Waals surface area contributed by atoms with E-state index in [1.807, 2.05) is 0 Å². The van der Waals surface area contributed by atoms with Gasteiger partial charge in [0.05, 0.1) is 22.3 Å². The molecule has 11 nitrogen and oxygen atoms in total. The zero-order valence-corrected chi connectivity index (χ0v) is 22.9. The van der Waals surface area contributed by atoms with E-state index in [1.54, 1.807) is 33.8 Å². The van der Waals surface area contributed by atoms with E-state index < -0.39 is 27.8 Å². The molecule has 0 spiro atoms. The smallest absolute Gasteiger partial charge is 0.338 e. The minimum absolute atomic E-state index is 0.0494. The third-order valence-electron chi connectivity index (χ3n) is 5.37. The first-order valence-electron chi connectivity index (χ1n) is 11.7. The van der Waals surface area contributed by atoms with Crippen LogP contribution < -0.4 is 14.9 Å². The Bertz CT molecular complexity index is 1580. The number of nitrogens with zero attached hydrogens (tertiary/aromatic N) is 3. The van der Waals surface area contributed by atoms with Crippen LogP contribution in [0, 0.1) is 13.8 Å². The van der Waals surface area contributed by atoms with Crippen molar-refractivity contribution in [2.75, 3.05) is 14.9 Å². The van der Waals surface area contributed by atoms with Crippen LogP contribution in [0.4, 0.5) is 17.3 Å². The van der Waals surface area contributed by atoms with E-state index in [0.29, 0.717) is 17.1 Å². The molecular weight excluding hydrogens is 546 g/mol. The van der Waals surface area contributed by atoms with Crippen molar-refractivity contribution in [2.45, 2.75) is 38.7 Å². The van der Waals surface area contributed by atoms with Gasteiger partial charge in [0.25, 0.3) is 21.8 Å². The van der Waals surface area contributed by atoms with Crippen LogP contribution in [0.3, 0.4) is 0 Å². The number of ether oxygens (including phenoxy) is 1. The summed E-state index contributed by atoms with van der Waals surface area (Å²) in [7, 11) is -3.99. The molecule has 0 aliphatic carbocycles. The van der Waals surface area contributed by atoms with Gasteiger partial charge in [-0.1, -0.05) is 11.6 Å². The summed E-state index contributed by atoms with van der Waals surface area (Å²) in [6.07, 6.45) is -0.299. The Morgan fingerprint density at radius 2 is 1.54 bits per heavy atom. The second kappa shape index (κ2) is 10.8. The lowest BCUT2D eigenvalue weighted by Gasteiger charge is -2.16. The monoisotopic (exact) mass is 569 g/mol. The Hall–Kier alpha value is -4.29. The number of carbonyl (C=O) groups is 3. The summed E-state index contributed by atoms with van der Waals surface area (Å²) in [4.78, 5) is 46.9. The van der Waals surface area contributed by atoms with Gasteiger partial charge in [0.15, 0.2) is 0 Å². The molecule has 39 heavy (non-hydrogen) atoms. The highest BCUT2D eigenvalue weighted by Crippen LogP contribution is 2.30. The molecule has 0 radical (unpaired) electrons. The first-order valence-corrected chi connectivity index (χ1v) is 13.5. The van der Waals surface area contributed by atoms with Crippen LogP contribution in [0.25, 0.3) is 0 Å². The molecule has 0 unspecified atom stereocenters. The summed E-state index contributed by atoms with van der Waals surface area (Å²) >= 11 is 6.19. The summed E-state index contributed by atoms with van der Waals surface area (Å²) in [5.41, 5.74) is 1.83. The number of benzene rings is 2. The Kier molecular flexibility index (Phi) is 7.70. The van der Waals surface area contributed by atoms with Crippen molar-refractivity contribution in [2.24, 2.45) is 0 Å². The Morgan fingerprint density at radius 1 is 0.949 bits per heavy atom. The van der Waals surface area contributed by atoms with Crippen LogP contribution in [-0.4, -0.2) is 42.3 Å². The van der Waals surface area contributed by atoms with Crippen molar-refractivity contribution in [3.63, 3.8) is 0 Å². The van der Waals surface area contributed by atoms with Crippen molar-refractivity contribution in [3.8, 4) is 0 Å². The van der Waals surface area contributed by atoms with Gasteiger partial charge in [-0.25, -0.2) is 32.8 Å². The summed E-state index contributed by atoms with van der Waals surface area (Å²) in [5, 5.41) is 2.45. The van der Waals surface area contributed by atoms with Crippen molar-refractivity contribution in [1.29, 1.82) is 0 Å². The molecule has 0 saturated heterocycles. The molecule has 1 aromatic heterocycles. The van der Waals surface area contributed by atoms with Crippen LogP contribution in [-0.2, 0) is 24.3 Å². The van der Waals surface area contributed by atoms with E-state index in [1.165, 1.54) is 48.5 Å². The van der Waals surface area contributed by atoms with Crippen LogP contribution in [0.15, 0.2) is 70.2 Å². The van der Waals surface area contributed by atoms with Gasteiger partial charge in [0.1, 0.15) is 10.7 Å². The van der Waals surface area contributed by atoms with E-state index in [9.17, 15) is 22.8 Å². The third kappa shape index (κ3) is 6.07. The normalized spacial score (nSPS) is 13.7. The molecule has 2 heterocycles. The zero-order chi connectivity index (χ0) is 28.5. The largest absolute Gasteiger partial charge is 0.459 e. The lowest BCUT2D eigenvalue weighted by atomic mass is 10.2. The molecule has 1 aliphatic heterocycles. The van der Waals surface area contributed by atoms with Crippen LogP contribution in [0.2, 0.25) is 0 Å². The minimum Gasteiger partial charge on any atom is -0.459 e. The first-order chi connectivity index (χ1) is 18.4. The van der Waals surface area contributed by atoms with Crippen LogP contribution >= 0.6 is 11.6 Å². The maximum Gasteiger partial charge on any atom is 0.338 e. The molecule has 0 fully saturated rings.